The molecular formula is C24H21NO5. The summed E-state index contributed by atoms with van der Waals surface area (Å²) in [7, 11) is 1.52. The fourth-order valence-electron chi connectivity index (χ4n) is 3.89. The van der Waals surface area contributed by atoms with Crippen LogP contribution >= 0.6 is 0 Å². The highest BCUT2D eigenvalue weighted by molar-refractivity contribution is 5.92. The molecular weight excluding hydrogens is 382 g/mol. The van der Waals surface area contributed by atoms with Gasteiger partial charge in [0.15, 0.2) is 0 Å². The Kier molecular flexibility index (Phi) is 5.50. The van der Waals surface area contributed by atoms with E-state index in [0.29, 0.717) is 11.3 Å². The van der Waals surface area contributed by atoms with Crippen molar-refractivity contribution in [2.45, 2.75) is 12.5 Å². The summed E-state index contributed by atoms with van der Waals surface area (Å²) < 4.78 is 10.6. The average Bonchev–Trinajstić information content (AvgIpc) is 3.06. The lowest BCUT2D eigenvalue weighted by Crippen LogP contribution is -2.18. The van der Waals surface area contributed by atoms with Gasteiger partial charge in [-0.05, 0) is 46.0 Å². The lowest BCUT2D eigenvalue weighted by atomic mass is 9.98. The number of anilines is 1. The van der Waals surface area contributed by atoms with E-state index in [1.54, 1.807) is 6.07 Å². The van der Waals surface area contributed by atoms with Crippen molar-refractivity contribution in [3.05, 3.63) is 89.0 Å². The van der Waals surface area contributed by atoms with Gasteiger partial charge in [0.2, 0.25) is 0 Å². The normalized spacial score (nSPS) is 12.2. The molecule has 0 bridgehead atoms. The van der Waals surface area contributed by atoms with Crippen molar-refractivity contribution in [3.8, 4) is 11.1 Å². The van der Waals surface area contributed by atoms with Gasteiger partial charge in [-0.3, -0.25) is 5.32 Å². The van der Waals surface area contributed by atoms with Crippen LogP contribution < -0.4 is 5.32 Å². The summed E-state index contributed by atoms with van der Waals surface area (Å²) in [4.78, 5) is 23.8. The Morgan fingerprint density at radius 3 is 2.20 bits per heavy atom. The van der Waals surface area contributed by atoms with Crippen molar-refractivity contribution in [3.63, 3.8) is 0 Å². The fourth-order valence-corrected chi connectivity index (χ4v) is 3.89. The van der Waals surface area contributed by atoms with Gasteiger partial charge in [-0.1, -0.05) is 48.5 Å². The van der Waals surface area contributed by atoms with Crippen molar-refractivity contribution < 1.29 is 24.2 Å². The second-order valence-corrected chi connectivity index (χ2v) is 7.11. The van der Waals surface area contributed by atoms with Crippen LogP contribution in [-0.4, -0.2) is 30.9 Å². The maximum absolute atomic E-state index is 12.4. The number of amides is 1. The molecule has 30 heavy (non-hydrogen) atoms. The minimum Gasteiger partial charge on any atom is -0.478 e. The fraction of sp³-hybridized carbons (Fsp3) is 0.167. The number of ether oxygens (including phenoxy) is 2. The summed E-state index contributed by atoms with van der Waals surface area (Å²) in [6.45, 7) is 0.421. The van der Waals surface area contributed by atoms with Crippen LogP contribution in [0.4, 0.5) is 10.5 Å². The third-order valence-electron chi connectivity index (χ3n) is 5.14. The highest BCUT2D eigenvalue weighted by atomic mass is 16.5. The van der Waals surface area contributed by atoms with Gasteiger partial charge in [-0.15, -0.1) is 0 Å². The maximum Gasteiger partial charge on any atom is 0.411 e. The molecule has 1 aliphatic carbocycles. The molecule has 0 unspecified atom stereocenters. The Hall–Kier alpha value is -3.64. The molecule has 0 saturated heterocycles. The first-order valence-corrected chi connectivity index (χ1v) is 9.55. The number of aromatic carboxylic acids is 1. The molecule has 0 aliphatic heterocycles. The summed E-state index contributed by atoms with van der Waals surface area (Å²) in [5, 5.41) is 11.9. The predicted octanol–water partition coefficient (Wildman–Crippen LogP) is 4.89. The zero-order chi connectivity index (χ0) is 21.1. The van der Waals surface area contributed by atoms with E-state index >= 15 is 0 Å². The predicted molar refractivity (Wildman–Crippen MR) is 113 cm³/mol. The number of fused-ring (bicyclic) bond motifs is 3. The number of nitrogens with one attached hydrogen (secondary N) is 1. The molecule has 6 nitrogen and oxygen atoms in total. The van der Waals surface area contributed by atoms with Gasteiger partial charge in [0, 0.05) is 18.7 Å². The van der Waals surface area contributed by atoms with E-state index in [9.17, 15) is 14.7 Å². The molecule has 4 rings (SSSR count). The van der Waals surface area contributed by atoms with Crippen LogP contribution in [0.3, 0.4) is 0 Å². The molecule has 0 aromatic heterocycles. The number of carbonyl (C=O) groups is 2. The van der Waals surface area contributed by atoms with Crippen LogP contribution in [0, 0.1) is 0 Å². The second kappa shape index (κ2) is 8.39. The first-order chi connectivity index (χ1) is 14.6. The SMILES string of the molecule is COCc1cc(NC(=O)OCC2c3ccccc3-c3ccccc32)cc(C(=O)O)c1. The lowest BCUT2D eigenvalue weighted by Gasteiger charge is -2.15. The first kappa shape index (κ1) is 19.7. The van der Waals surface area contributed by atoms with Gasteiger partial charge in [-0.2, -0.15) is 0 Å². The van der Waals surface area contributed by atoms with Gasteiger partial charge in [-0.25, -0.2) is 9.59 Å². The summed E-state index contributed by atoms with van der Waals surface area (Å²) >= 11 is 0. The van der Waals surface area contributed by atoms with Gasteiger partial charge in [0.1, 0.15) is 6.61 Å². The number of carboxylic acids is 1. The molecule has 2 N–H and O–H groups in total. The summed E-state index contributed by atoms with van der Waals surface area (Å²) in [5.74, 6) is -1.12. The summed E-state index contributed by atoms with van der Waals surface area (Å²) in [6, 6.07) is 20.8. The third kappa shape index (κ3) is 3.90. The molecule has 0 radical (unpaired) electrons. The number of hydrogen-bond acceptors (Lipinski definition) is 4. The van der Waals surface area contributed by atoms with Gasteiger partial charge in [0.05, 0.1) is 12.2 Å². The number of rotatable bonds is 6. The minimum absolute atomic E-state index is 0.0439. The van der Waals surface area contributed by atoms with E-state index in [1.807, 2.05) is 24.3 Å². The highest BCUT2D eigenvalue weighted by Gasteiger charge is 2.29. The Morgan fingerprint density at radius 2 is 1.60 bits per heavy atom. The van der Waals surface area contributed by atoms with Crippen LogP contribution in [0.5, 0.6) is 0 Å². The standard InChI is InChI=1S/C24H21NO5/c1-29-13-15-10-16(23(26)27)12-17(11-15)25-24(28)30-14-22-20-8-4-2-6-18(20)19-7-3-5-9-21(19)22/h2-12,22H,13-14H2,1H3,(H,25,28)(H,26,27). The Bertz CT molecular complexity index is 1060. The molecule has 3 aromatic carbocycles. The highest BCUT2D eigenvalue weighted by Crippen LogP contribution is 2.44. The number of methoxy groups -OCH3 is 1. The second-order valence-electron chi connectivity index (χ2n) is 7.11. The number of carboxylic acid groups (broad SMARTS) is 1. The Balaban J connectivity index is 1.49. The van der Waals surface area contributed by atoms with E-state index in [2.05, 4.69) is 29.6 Å². The number of hydrogen-bond donors (Lipinski definition) is 2. The quantitative estimate of drug-likeness (QED) is 0.612. The van der Waals surface area contributed by atoms with Crippen LogP contribution in [0.15, 0.2) is 66.7 Å². The smallest absolute Gasteiger partial charge is 0.411 e. The van der Waals surface area contributed by atoms with Crippen LogP contribution in [0.2, 0.25) is 0 Å². The molecule has 0 spiro atoms. The van der Waals surface area contributed by atoms with Crippen LogP contribution in [0.25, 0.3) is 11.1 Å². The average molecular weight is 403 g/mol. The lowest BCUT2D eigenvalue weighted by molar-refractivity contribution is 0.0696. The van der Waals surface area contributed by atoms with Crippen molar-refractivity contribution in [2.24, 2.45) is 0 Å². The number of carbonyl (C=O) groups excluding carboxylic acids is 1. The topological polar surface area (TPSA) is 84.9 Å². The van der Waals surface area contributed by atoms with E-state index in [0.717, 1.165) is 22.3 Å². The third-order valence-corrected chi connectivity index (χ3v) is 5.14. The van der Waals surface area contributed by atoms with Gasteiger partial charge in [0.25, 0.3) is 0 Å². The van der Waals surface area contributed by atoms with Crippen LogP contribution in [0.1, 0.15) is 33.0 Å². The molecule has 1 amide bonds. The van der Waals surface area contributed by atoms with E-state index in [4.69, 9.17) is 9.47 Å². The Labute approximate surface area is 174 Å². The first-order valence-electron chi connectivity index (χ1n) is 9.55. The maximum atomic E-state index is 12.4. The van der Waals surface area contributed by atoms with E-state index in [1.165, 1.54) is 19.2 Å². The van der Waals surface area contributed by atoms with E-state index in [-0.39, 0.29) is 24.7 Å². The molecule has 0 fully saturated rings. The van der Waals surface area contributed by atoms with Crippen molar-refractivity contribution in [2.75, 3.05) is 19.0 Å². The number of benzene rings is 3. The van der Waals surface area contributed by atoms with E-state index < -0.39 is 12.1 Å². The molecule has 6 heteroatoms. The minimum atomic E-state index is -1.08. The van der Waals surface area contributed by atoms with Gasteiger partial charge < -0.3 is 14.6 Å². The van der Waals surface area contributed by atoms with Crippen molar-refractivity contribution in [1.29, 1.82) is 0 Å². The summed E-state index contributed by atoms with van der Waals surface area (Å²) in [5.41, 5.74) is 5.62. The summed E-state index contributed by atoms with van der Waals surface area (Å²) in [6.07, 6.45) is -0.636. The zero-order valence-electron chi connectivity index (χ0n) is 16.4. The van der Waals surface area contributed by atoms with Crippen molar-refractivity contribution in [1.82, 2.24) is 0 Å². The molecule has 3 aromatic rings. The monoisotopic (exact) mass is 403 g/mol. The van der Waals surface area contributed by atoms with Gasteiger partial charge >= 0.3 is 12.1 Å². The largest absolute Gasteiger partial charge is 0.478 e. The molecule has 1 aliphatic rings. The Morgan fingerprint density at radius 1 is 0.967 bits per heavy atom. The molecule has 0 atom stereocenters. The van der Waals surface area contributed by atoms with Crippen LogP contribution in [-0.2, 0) is 16.1 Å². The van der Waals surface area contributed by atoms with Crippen molar-refractivity contribution >= 4 is 17.7 Å². The molecule has 0 heterocycles. The molecule has 0 saturated carbocycles. The zero-order valence-corrected chi connectivity index (χ0v) is 16.4. The molecule has 152 valence electrons.